The second-order valence-electron chi connectivity index (χ2n) is 4.97. The van der Waals surface area contributed by atoms with Gasteiger partial charge in [0.05, 0.1) is 6.04 Å². The number of phenolic OH excluding ortho intramolecular Hbond substituents is 1. The highest BCUT2D eigenvalue weighted by atomic mass is 19.4. The zero-order valence-corrected chi connectivity index (χ0v) is 11.9. The van der Waals surface area contributed by atoms with Gasteiger partial charge in [-0.1, -0.05) is 12.1 Å². The fourth-order valence-corrected chi connectivity index (χ4v) is 2.23. The van der Waals surface area contributed by atoms with Crippen molar-refractivity contribution in [1.82, 2.24) is 5.32 Å². The van der Waals surface area contributed by atoms with E-state index in [9.17, 15) is 27.9 Å². The molecule has 0 fully saturated rings. The number of hydrogen-bond acceptors (Lipinski definition) is 4. The number of phenols is 1. The Labute approximate surface area is 129 Å². The highest BCUT2D eigenvalue weighted by Gasteiger charge is 2.39. The Hall–Kier alpha value is -2.58. The summed E-state index contributed by atoms with van der Waals surface area (Å²) < 4.78 is 40.9. The number of halogens is 3. The second-order valence-corrected chi connectivity index (χ2v) is 4.97. The molecule has 1 heterocycles. The van der Waals surface area contributed by atoms with E-state index in [2.05, 4.69) is 15.0 Å². The molecule has 0 spiro atoms. The van der Waals surface area contributed by atoms with E-state index in [4.69, 9.17) is 0 Å². The first kappa shape index (κ1) is 16.8. The molecule has 2 amide bonds. The number of carbonyl (C=O) groups excluding carboxylic acids is 2. The van der Waals surface area contributed by atoms with Crippen molar-refractivity contribution in [1.29, 1.82) is 0 Å². The first-order valence-corrected chi connectivity index (χ1v) is 6.55. The maximum absolute atomic E-state index is 12.2. The Morgan fingerprint density at radius 1 is 1.35 bits per heavy atom. The summed E-state index contributed by atoms with van der Waals surface area (Å²) in [6.07, 6.45) is -4.65. The predicted molar refractivity (Wildman–Crippen MR) is 73.0 cm³/mol. The van der Waals surface area contributed by atoms with E-state index in [1.807, 2.05) is 0 Å². The third-order valence-corrected chi connectivity index (χ3v) is 3.22. The zero-order valence-electron chi connectivity index (χ0n) is 11.9. The van der Waals surface area contributed by atoms with Crippen LogP contribution in [0.2, 0.25) is 0 Å². The van der Waals surface area contributed by atoms with Gasteiger partial charge in [-0.2, -0.15) is 13.2 Å². The number of aromatic hydroxyl groups is 1. The van der Waals surface area contributed by atoms with Gasteiger partial charge in [0.15, 0.2) is 6.61 Å². The molecule has 0 saturated carbocycles. The number of hydrogen-bond donors (Lipinski definition) is 2. The monoisotopic (exact) mass is 330 g/mol. The van der Waals surface area contributed by atoms with Crippen molar-refractivity contribution in [3.05, 3.63) is 29.8 Å². The van der Waals surface area contributed by atoms with Gasteiger partial charge in [-0.3, -0.25) is 4.79 Å². The van der Waals surface area contributed by atoms with E-state index < -0.39 is 36.7 Å². The van der Waals surface area contributed by atoms with Gasteiger partial charge < -0.3 is 15.2 Å². The van der Waals surface area contributed by atoms with Gasteiger partial charge in [-0.15, -0.1) is 0 Å². The van der Waals surface area contributed by atoms with Crippen molar-refractivity contribution in [2.75, 3.05) is 6.61 Å². The molecule has 0 bridgehead atoms. The van der Waals surface area contributed by atoms with Gasteiger partial charge in [0, 0.05) is 5.71 Å². The van der Waals surface area contributed by atoms with Gasteiger partial charge in [0.2, 0.25) is 0 Å². The Morgan fingerprint density at radius 3 is 2.52 bits per heavy atom. The lowest BCUT2D eigenvalue weighted by Crippen LogP contribution is -2.44. The number of amides is 2. The van der Waals surface area contributed by atoms with Crippen LogP contribution in [0.4, 0.5) is 18.0 Å². The third-order valence-electron chi connectivity index (χ3n) is 3.22. The Morgan fingerprint density at radius 2 is 1.96 bits per heavy atom. The standard InChI is InChI=1S/C14H13F3N2O4/c1-7-10(12(21)23-6-14(15,16)17)11(19-13(22)18-7)8-2-4-9(20)5-3-8/h2-5,10-11,20H,6H2,1H3,(H,19,22). The molecule has 1 aromatic carbocycles. The van der Waals surface area contributed by atoms with Crippen molar-refractivity contribution in [2.24, 2.45) is 10.9 Å². The summed E-state index contributed by atoms with van der Waals surface area (Å²) in [6, 6.07) is 3.93. The molecule has 1 aliphatic rings. The minimum Gasteiger partial charge on any atom is -0.508 e. The fourth-order valence-electron chi connectivity index (χ4n) is 2.23. The van der Waals surface area contributed by atoms with Gasteiger partial charge >= 0.3 is 18.2 Å². The van der Waals surface area contributed by atoms with Gasteiger partial charge in [-0.05, 0) is 24.6 Å². The maximum Gasteiger partial charge on any atom is 0.422 e. The van der Waals surface area contributed by atoms with Crippen LogP contribution in [0.25, 0.3) is 0 Å². The van der Waals surface area contributed by atoms with Crippen molar-refractivity contribution in [3.63, 3.8) is 0 Å². The number of aliphatic imine (C=N–C) groups is 1. The van der Waals surface area contributed by atoms with Gasteiger partial charge in [0.1, 0.15) is 11.7 Å². The largest absolute Gasteiger partial charge is 0.508 e. The lowest BCUT2D eigenvalue weighted by atomic mass is 9.88. The van der Waals surface area contributed by atoms with Crippen LogP contribution in [0.5, 0.6) is 5.75 Å². The van der Waals surface area contributed by atoms with Crippen LogP contribution in [0.1, 0.15) is 18.5 Å². The van der Waals surface area contributed by atoms with Crippen LogP contribution >= 0.6 is 0 Å². The van der Waals surface area contributed by atoms with Crippen molar-refractivity contribution in [2.45, 2.75) is 19.1 Å². The van der Waals surface area contributed by atoms with E-state index in [0.29, 0.717) is 5.56 Å². The maximum atomic E-state index is 12.2. The van der Waals surface area contributed by atoms with Crippen LogP contribution in [0.15, 0.2) is 29.3 Å². The van der Waals surface area contributed by atoms with Crippen molar-refractivity contribution < 1.29 is 32.6 Å². The summed E-state index contributed by atoms with van der Waals surface area (Å²) in [4.78, 5) is 27.1. The predicted octanol–water partition coefficient (Wildman–Crippen LogP) is 2.34. The molecule has 124 valence electrons. The topological polar surface area (TPSA) is 88.0 Å². The average molecular weight is 330 g/mol. The van der Waals surface area contributed by atoms with Gasteiger partial charge in [0.25, 0.3) is 0 Å². The highest BCUT2D eigenvalue weighted by Crippen LogP contribution is 2.29. The molecule has 0 radical (unpaired) electrons. The molecular formula is C14H13F3N2O4. The number of urea groups is 1. The normalized spacial score (nSPS) is 21.4. The smallest absolute Gasteiger partial charge is 0.422 e. The molecule has 2 unspecified atom stereocenters. The number of carbonyl (C=O) groups is 2. The van der Waals surface area contributed by atoms with Crippen LogP contribution < -0.4 is 5.32 Å². The molecule has 2 rings (SSSR count). The molecule has 2 N–H and O–H groups in total. The highest BCUT2D eigenvalue weighted by molar-refractivity contribution is 6.08. The summed E-state index contributed by atoms with van der Waals surface area (Å²) in [7, 11) is 0. The minimum atomic E-state index is -4.65. The lowest BCUT2D eigenvalue weighted by Gasteiger charge is -2.29. The van der Waals surface area contributed by atoms with E-state index in [1.165, 1.54) is 31.2 Å². The molecule has 0 aliphatic carbocycles. The Balaban J connectivity index is 2.27. The molecule has 1 aromatic rings. The number of ether oxygens (including phenoxy) is 1. The van der Waals surface area contributed by atoms with Crippen LogP contribution in [-0.4, -0.2) is 35.6 Å². The van der Waals surface area contributed by atoms with E-state index in [1.54, 1.807) is 0 Å². The summed E-state index contributed by atoms with van der Waals surface area (Å²) >= 11 is 0. The minimum absolute atomic E-state index is 0.0301. The molecule has 0 aromatic heterocycles. The number of rotatable bonds is 3. The van der Waals surface area contributed by atoms with Crippen molar-refractivity contribution >= 4 is 17.7 Å². The van der Waals surface area contributed by atoms with Crippen molar-refractivity contribution in [3.8, 4) is 5.75 Å². The first-order chi connectivity index (χ1) is 10.7. The Kier molecular flexibility index (Phi) is 4.57. The molecule has 0 saturated heterocycles. The number of esters is 1. The summed E-state index contributed by atoms with van der Waals surface area (Å²) in [6.45, 7) is -0.350. The molecule has 6 nitrogen and oxygen atoms in total. The summed E-state index contributed by atoms with van der Waals surface area (Å²) in [5.41, 5.74) is 0.485. The van der Waals surface area contributed by atoms with Gasteiger partial charge in [-0.25, -0.2) is 9.79 Å². The van der Waals surface area contributed by atoms with E-state index in [-0.39, 0.29) is 11.5 Å². The fraction of sp³-hybridized carbons (Fsp3) is 0.357. The first-order valence-electron chi connectivity index (χ1n) is 6.55. The average Bonchev–Trinajstić information content (AvgIpc) is 2.44. The van der Waals surface area contributed by atoms with Crippen LogP contribution in [-0.2, 0) is 9.53 Å². The molecule has 9 heteroatoms. The number of nitrogens with one attached hydrogen (secondary N) is 1. The second kappa shape index (κ2) is 6.27. The summed E-state index contributed by atoms with van der Waals surface area (Å²) in [5.74, 6) is -2.35. The zero-order chi connectivity index (χ0) is 17.2. The van der Waals surface area contributed by atoms with E-state index >= 15 is 0 Å². The third kappa shape index (κ3) is 4.21. The SMILES string of the molecule is CC1=NC(=O)NC(c2ccc(O)cc2)C1C(=O)OCC(F)(F)F. The summed E-state index contributed by atoms with van der Waals surface area (Å²) in [5, 5.41) is 11.7. The molecular weight excluding hydrogens is 317 g/mol. The molecule has 1 aliphatic heterocycles. The van der Waals surface area contributed by atoms with E-state index in [0.717, 1.165) is 0 Å². The quantitative estimate of drug-likeness (QED) is 0.833. The Bertz CT molecular complexity index is 640. The van der Waals surface area contributed by atoms with Crippen LogP contribution in [0, 0.1) is 5.92 Å². The lowest BCUT2D eigenvalue weighted by molar-refractivity contribution is -0.188. The number of benzene rings is 1. The number of alkyl halides is 3. The molecule has 2 atom stereocenters. The van der Waals surface area contributed by atoms with Crippen LogP contribution in [0.3, 0.4) is 0 Å². The molecule has 23 heavy (non-hydrogen) atoms. The number of nitrogens with zero attached hydrogens (tertiary/aromatic N) is 1.